The summed E-state index contributed by atoms with van der Waals surface area (Å²) in [5, 5.41) is 2.85. The van der Waals surface area contributed by atoms with E-state index in [-0.39, 0.29) is 5.91 Å². The zero-order valence-electron chi connectivity index (χ0n) is 14.7. The molecule has 0 heterocycles. The lowest BCUT2D eigenvalue weighted by molar-refractivity contribution is -0.120. The largest absolute Gasteiger partial charge is 0.457 e. The predicted molar refractivity (Wildman–Crippen MR) is 101 cm³/mol. The number of ether oxygens (including phenoxy) is 1. The highest BCUT2D eigenvalue weighted by molar-refractivity contribution is 5.98. The van der Waals surface area contributed by atoms with Gasteiger partial charge in [-0.05, 0) is 44.2 Å². The Balaban J connectivity index is 1.77. The van der Waals surface area contributed by atoms with Crippen LogP contribution in [0.3, 0.4) is 0 Å². The van der Waals surface area contributed by atoms with Crippen molar-refractivity contribution in [2.24, 2.45) is 0 Å². The molecular weight excluding hydrogens is 329 g/mol. The highest BCUT2D eigenvalue weighted by Gasteiger charge is 2.32. The maximum absolute atomic E-state index is 14.1. The lowest BCUT2D eigenvalue weighted by Gasteiger charge is -2.24. The maximum atomic E-state index is 14.1. The van der Waals surface area contributed by atoms with Gasteiger partial charge in [0.2, 0.25) is 5.91 Å². The first kappa shape index (κ1) is 17.7. The monoisotopic (exact) mass is 349 g/mol. The van der Waals surface area contributed by atoms with Gasteiger partial charge in [-0.2, -0.15) is 0 Å². The van der Waals surface area contributed by atoms with Crippen LogP contribution in [0, 0.1) is 5.82 Å². The number of carbonyl (C=O) groups is 1. The van der Waals surface area contributed by atoms with Crippen LogP contribution < -0.4 is 10.1 Å². The highest BCUT2D eigenvalue weighted by atomic mass is 19.1. The minimum atomic E-state index is -1.01. The molecule has 0 aliphatic heterocycles. The van der Waals surface area contributed by atoms with E-state index in [1.165, 1.54) is 6.07 Å². The van der Waals surface area contributed by atoms with Crippen molar-refractivity contribution in [3.05, 3.63) is 90.2 Å². The SMILES string of the molecule is CC(C)(C(=O)Nc1cccc(Oc2ccccc2)c1)c1ccccc1F. The van der Waals surface area contributed by atoms with Crippen molar-refractivity contribution in [2.45, 2.75) is 19.3 Å². The number of halogens is 1. The van der Waals surface area contributed by atoms with Crippen LogP contribution in [0.25, 0.3) is 0 Å². The van der Waals surface area contributed by atoms with Crippen LogP contribution in [-0.2, 0) is 10.2 Å². The second kappa shape index (κ2) is 7.40. The second-order valence-electron chi connectivity index (χ2n) is 6.50. The molecule has 132 valence electrons. The number of benzene rings is 3. The summed E-state index contributed by atoms with van der Waals surface area (Å²) >= 11 is 0. The molecule has 3 rings (SSSR count). The third-order valence-corrected chi connectivity index (χ3v) is 4.19. The van der Waals surface area contributed by atoms with Gasteiger partial charge in [-0.1, -0.05) is 42.5 Å². The summed E-state index contributed by atoms with van der Waals surface area (Å²) in [7, 11) is 0. The predicted octanol–water partition coefficient (Wildman–Crippen LogP) is 5.53. The zero-order chi connectivity index (χ0) is 18.6. The number of amides is 1. The van der Waals surface area contributed by atoms with E-state index in [1.54, 1.807) is 50.2 Å². The van der Waals surface area contributed by atoms with Gasteiger partial charge in [-0.25, -0.2) is 4.39 Å². The molecule has 0 atom stereocenters. The minimum Gasteiger partial charge on any atom is -0.457 e. The molecule has 0 unspecified atom stereocenters. The molecule has 0 bridgehead atoms. The first-order valence-corrected chi connectivity index (χ1v) is 8.36. The average molecular weight is 349 g/mol. The standard InChI is InChI=1S/C22H20FNO2/c1-22(2,19-13-6-7-14-20(19)23)21(25)24-16-9-8-12-18(15-16)26-17-10-4-3-5-11-17/h3-15H,1-2H3,(H,24,25). The van der Waals surface area contributed by atoms with Crippen molar-refractivity contribution >= 4 is 11.6 Å². The number of para-hydroxylation sites is 1. The van der Waals surface area contributed by atoms with E-state index in [0.717, 1.165) is 0 Å². The number of hydrogen-bond donors (Lipinski definition) is 1. The number of nitrogens with one attached hydrogen (secondary N) is 1. The fourth-order valence-electron chi connectivity index (χ4n) is 2.64. The van der Waals surface area contributed by atoms with Crippen molar-refractivity contribution in [2.75, 3.05) is 5.32 Å². The van der Waals surface area contributed by atoms with Crippen LogP contribution in [0.2, 0.25) is 0 Å². The summed E-state index contributed by atoms with van der Waals surface area (Å²) in [5.74, 6) is 0.633. The molecule has 0 spiro atoms. The van der Waals surface area contributed by atoms with E-state index in [1.807, 2.05) is 36.4 Å². The number of anilines is 1. The quantitative estimate of drug-likeness (QED) is 0.657. The third-order valence-electron chi connectivity index (χ3n) is 4.19. The Morgan fingerprint density at radius 3 is 2.27 bits per heavy atom. The topological polar surface area (TPSA) is 38.3 Å². The molecule has 0 aromatic heterocycles. The van der Waals surface area contributed by atoms with Crippen molar-refractivity contribution in [3.63, 3.8) is 0 Å². The molecular formula is C22H20FNO2. The van der Waals surface area contributed by atoms with E-state index in [4.69, 9.17) is 4.74 Å². The maximum Gasteiger partial charge on any atom is 0.234 e. The molecule has 0 aliphatic carbocycles. The van der Waals surface area contributed by atoms with E-state index in [0.29, 0.717) is 22.7 Å². The van der Waals surface area contributed by atoms with Crippen LogP contribution in [-0.4, -0.2) is 5.91 Å². The Kier molecular flexibility index (Phi) is 5.03. The molecule has 0 saturated heterocycles. The van der Waals surface area contributed by atoms with Crippen molar-refractivity contribution in [3.8, 4) is 11.5 Å². The van der Waals surface area contributed by atoms with Crippen LogP contribution in [0.4, 0.5) is 10.1 Å². The number of rotatable bonds is 5. The molecule has 3 aromatic carbocycles. The van der Waals surface area contributed by atoms with E-state index >= 15 is 0 Å². The van der Waals surface area contributed by atoms with Gasteiger partial charge in [-0.15, -0.1) is 0 Å². The van der Waals surface area contributed by atoms with Gasteiger partial charge in [0, 0.05) is 17.3 Å². The Labute approximate surface area is 152 Å². The molecule has 1 N–H and O–H groups in total. The van der Waals surface area contributed by atoms with Crippen molar-refractivity contribution in [1.29, 1.82) is 0 Å². The molecule has 0 radical (unpaired) electrons. The number of hydrogen-bond acceptors (Lipinski definition) is 2. The van der Waals surface area contributed by atoms with Crippen LogP contribution in [0.1, 0.15) is 19.4 Å². The van der Waals surface area contributed by atoms with E-state index < -0.39 is 11.2 Å². The lowest BCUT2D eigenvalue weighted by atomic mass is 9.83. The molecule has 3 nitrogen and oxygen atoms in total. The second-order valence-corrected chi connectivity index (χ2v) is 6.50. The Bertz CT molecular complexity index is 907. The Morgan fingerprint density at radius 1 is 0.885 bits per heavy atom. The summed E-state index contributed by atoms with van der Waals surface area (Å²) < 4.78 is 19.9. The summed E-state index contributed by atoms with van der Waals surface area (Å²) in [6.07, 6.45) is 0. The Morgan fingerprint density at radius 2 is 1.54 bits per heavy atom. The summed E-state index contributed by atoms with van der Waals surface area (Å²) in [6, 6.07) is 22.8. The molecule has 0 aliphatic rings. The first-order valence-electron chi connectivity index (χ1n) is 8.36. The molecule has 0 saturated carbocycles. The fraction of sp³-hybridized carbons (Fsp3) is 0.136. The van der Waals surface area contributed by atoms with E-state index in [2.05, 4.69) is 5.32 Å². The summed E-state index contributed by atoms with van der Waals surface area (Å²) in [5.41, 5.74) is -0.0659. The van der Waals surface area contributed by atoms with E-state index in [9.17, 15) is 9.18 Å². The molecule has 26 heavy (non-hydrogen) atoms. The Hall–Kier alpha value is -3.14. The van der Waals surface area contributed by atoms with Crippen LogP contribution >= 0.6 is 0 Å². The normalized spacial score (nSPS) is 11.0. The smallest absolute Gasteiger partial charge is 0.234 e. The summed E-state index contributed by atoms with van der Waals surface area (Å²) in [4.78, 5) is 12.7. The van der Waals surface area contributed by atoms with Crippen molar-refractivity contribution in [1.82, 2.24) is 0 Å². The molecule has 1 amide bonds. The molecule has 0 fully saturated rings. The lowest BCUT2D eigenvalue weighted by Crippen LogP contribution is -2.35. The van der Waals surface area contributed by atoms with Gasteiger partial charge in [0.05, 0.1) is 5.41 Å². The average Bonchev–Trinajstić information content (AvgIpc) is 2.63. The van der Waals surface area contributed by atoms with Gasteiger partial charge >= 0.3 is 0 Å². The summed E-state index contributed by atoms with van der Waals surface area (Å²) in [6.45, 7) is 3.40. The van der Waals surface area contributed by atoms with Crippen LogP contribution in [0.15, 0.2) is 78.9 Å². The highest BCUT2D eigenvalue weighted by Crippen LogP contribution is 2.29. The van der Waals surface area contributed by atoms with Gasteiger partial charge in [-0.3, -0.25) is 4.79 Å². The number of carbonyl (C=O) groups excluding carboxylic acids is 1. The third kappa shape index (κ3) is 3.91. The first-order chi connectivity index (χ1) is 12.5. The molecule has 4 heteroatoms. The van der Waals surface area contributed by atoms with Gasteiger partial charge in [0.25, 0.3) is 0 Å². The van der Waals surface area contributed by atoms with Gasteiger partial charge in [0.1, 0.15) is 17.3 Å². The fourth-order valence-corrected chi connectivity index (χ4v) is 2.64. The zero-order valence-corrected chi connectivity index (χ0v) is 14.7. The van der Waals surface area contributed by atoms with Crippen LogP contribution in [0.5, 0.6) is 11.5 Å². The van der Waals surface area contributed by atoms with Gasteiger partial charge in [0.15, 0.2) is 0 Å². The minimum absolute atomic E-state index is 0.292. The van der Waals surface area contributed by atoms with Crippen molar-refractivity contribution < 1.29 is 13.9 Å². The molecule has 3 aromatic rings. The van der Waals surface area contributed by atoms with Gasteiger partial charge < -0.3 is 10.1 Å².